The van der Waals surface area contributed by atoms with Gasteiger partial charge in [-0.3, -0.25) is 28.8 Å². The molecular weight excluding hydrogens is 692 g/mol. The van der Waals surface area contributed by atoms with E-state index in [-0.39, 0.29) is 92.1 Å². The van der Waals surface area contributed by atoms with Gasteiger partial charge in [0.25, 0.3) is 0 Å². The highest BCUT2D eigenvalue weighted by Crippen LogP contribution is 2.39. The number of ether oxygens (including phenoxy) is 4. The van der Waals surface area contributed by atoms with E-state index in [1.54, 1.807) is 20.8 Å². The topological polar surface area (TPSA) is 189 Å². The number of ketones is 4. The molecule has 2 aliphatic rings. The van der Waals surface area contributed by atoms with Crippen LogP contribution in [-0.4, -0.2) is 103 Å². The van der Waals surface area contributed by atoms with Gasteiger partial charge in [-0.2, -0.15) is 0 Å². The number of carbonyl (C=O) groups excluding carboxylic acids is 6. The number of hydrogen-bond acceptors (Lipinski definition) is 13. The van der Waals surface area contributed by atoms with Gasteiger partial charge < -0.3 is 33.6 Å². The number of Topliss-reactive ketones (excluding diaryl/α,β-unsaturated/α-hetero) is 4. The molecule has 13 nitrogen and oxygen atoms in total. The maximum atomic E-state index is 12.2. The molecule has 1 unspecified atom stereocenters. The van der Waals surface area contributed by atoms with E-state index >= 15 is 0 Å². The Morgan fingerprint density at radius 3 is 1.88 bits per heavy atom. The number of aliphatic hydroxyl groups excluding tert-OH is 1. The van der Waals surface area contributed by atoms with Crippen LogP contribution in [0.2, 0.25) is 18.1 Å². The van der Waals surface area contributed by atoms with E-state index in [0.717, 1.165) is 25.7 Å². The summed E-state index contributed by atoms with van der Waals surface area (Å²) in [4.78, 5) is 69.5. The zero-order valence-electron chi connectivity index (χ0n) is 33.1. The molecule has 0 aromatic heterocycles. The summed E-state index contributed by atoms with van der Waals surface area (Å²) in [5.41, 5.74) is 0. The Morgan fingerprint density at radius 2 is 1.35 bits per heavy atom. The van der Waals surface area contributed by atoms with Crippen molar-refractivity contribution in [3.8, 4) is 0 Å². The second-order valence-corrected chi connectivity index (χ2v) is 20.5. The van der Waals surface area contributed by atoms with Crippen molar-refractivity contribution in [2.45, 2.75) is 193 Å². The smallest absolute Gasteiger partial charge is 0.313 e. The summed E-state index contributed by atoms with van der Waals surface area (Å²) in [6, 6.07) is 0. The van der Waals surface area contributed by atoms with Gasteiger partial charge in [-0.15, -0.1) is 0 Å². The lowest BCUT2D eigenvalue weighted by molar-refractivity contribution is -0.257. The molecule has 0 bridgehead atoms. The van der Waals surface area contributed by atoms with Crippen LogP contribution in [0.3, 0.4) is 0 Å². The second-order valence-electron chi connectivity index (χ2n) is 15.7. The molecule has 6 atom stereocenters. The van der Waals surface area contributed by atoms with Crippen molar-refractivity contribution < 1.29 is 62.4 Å². The summed E-state index contributed by atoms with van der Waals surface area (Å²) < 4.78 is 27.7. The number of esters is 2. The van der Waals surface area contributed by atoms with Gasteiger partial charge in [0, 0.05) is 25.7 Å². The van der Waals surface area contributed by atoms with E-state index in [1.807, 2.05) is 0 Å². The highest BCUT2D eigenvalue weighted by atomic mass is 28.4. The van der Waals surface area contributed by atoms with Crippen LogP contribution >= 0.6 is 0 Å². The summed E-state index contributed by atoms with van der Waals surface area (Å²) in [5, 5.41) is 20.6. The first-order chi connectivity index (χ1) is 24.1. The molecular formula is C38H66O13Si. The van der Waals surface area contributed by atoms with E-state index in [9.17, 15) is 39.0 Å². The van der Waals surface area contributed by atoms with Gasteiger partial charge in [0.2, 0.25) is 0 Å². The number of rotatable bonds is 20. The van der Waals surface area contributed by atoms with Crippen molar-refractivity contribution >= 4 is 43.4 Å². The van der Waals surface area contributed by atoms with Gasteiger partial charge in [0.05, 0.1) is 50.2 Å². The lowest BCUT2D eigenvalue weighted by atomic mass is 9.93. The third kappa shape index (κ3) is 19.6. The molecule has 0 radical (unpaired) electrons. The fraction of sp³-hybridized carbons (Fsp3) is 0.842. The van der Waals surface area contributed by atoms with Gasteiger partial charge in [-0.25, -0.2) is 0 Å². The van der Waals surface area contributed by atoms with E-state index in [2.05, 4.69) is 33.9 Å². The molecule has 300 valence electrons. The van der Waals surface area contributed by atoms with Crippen LogP contribution in [0.5, 0.6) is 0 Å². The Bertz CT molecular complexity index is 1180. The van der Waals surface area contributed by atoms with Crippen molar-refractivity contribution in [1.29, 1.82) is 0 Å². The zero-order valence-corrected chi connectivity index (χ0v) is 34.1. The molecule has 2 fully saturated rings. The molecule has 2 rings (SSSR count). The average Bonchev–Trinajstić information content (AvgIpc) is 2.95. The average molecular weight is 759 g/mol. The van der Waals surface area contributed by atoms with E-state index in [4.69, 9.17) is 23.4 Å². The number of carbonyl (C=O) groups is 6. The van der Waals surface area contributed by atoms with Crippen LogP contribution in [0.4, 0.5) is 0 Å². The van der Waals surface area contributed by atoms with Crippen LogP contribution in [0.1, 0.15) is 138 Å². The minimum atomic E-state index is -2.08. The predicted molar refractivity (Wildman–Crippen MR) is 196 cm³/mol. The first-order valence-corrected chi connectivity index (χ1v) is 21.7. The number of aliphatic hydroxyl groups is 2. The maximum Gasteiger partial charge on any atom is 0.313 e. The Morgan fingerprint density at radius 1 is 0.808 bits per heavy atom. The predicted octanol–water partition coefficient (Wildman–Crippen LogP) is 5.48. The minimum absolute atomic E-state index is 0.00964. The van der Waals surface area contributed by atoms with Crippen LogP contribution < -0.4 is 0 Å². The molecule has 52 heavy (non-hydrogen) atoms. The van der Waals surface area contributed by atoms with Crippen molar-refractivity contribution in [3.05, 3.63) is 0 Å². The van der Waals surface area contributed by atoms with Gasteiger partial charge in [0.1, 0.15) is 36.0 Å². The van der Waals surface area contributed by atoms with E-state index in [1.165, 1.54) is 6.92 Å². The summed E-state index contributed by atoms with van der Waals surface area (Å²) >= 11 is 0. The molecule has 0 aliphatic carbocycles. The Hall–Kier alpha value is -2.36. The molecule has 0 aromatic rings. The largest absolute Gasteiger partial charge is 0.466 e. The third-order valence-electron chi connectivity index (χ3n) is 9.51. The van der Waals surface area contributed by atoms with Gasteiger partial charge in [0.15, 0.2) is 14.1 Å². The van der Waals surface area contributed by atoms with Crippen molar-refractivity contribution in [2.75, 3.05) is 13.2 Å². The van der Waals surface area contributed by atoms with Crippen LogP contribution in [-0.2, 0) is 52.1 Å². The summed E-state index contributed by atoms with van der Waals surface area (Å²) in [5.74, 6) is -3.29. The van der Waals surface area contributed by atoms with E-state index in [0.29, 0.717) is 32.1 Å². The van der Waals surface area contributed by atoms with E-state index < -0.39 is 37.9 Å². The molecule has 0 saturated carbocycles. The molecule has 0 spiro atoms. The Labute approximate surface area is 311 Å². The van der Waals surface area contributed by atoms with Crippen molar-refractivity contribution in [3.63, 3.8) is 0 Å². The van der Waals surface area contributed by atoms with Crippen LogP contribution in [0.15, 0.2) is 0 Å². The molecule has 0 aromatic carbocycles. The van der Waals surface area contributed by atoms with Crippen LogP contribution in [0.25, 0.3) is 0 Å². The first-order valence-electron chi connectivity index (χ1n) is 18.8. The summed E-state index contributed by atoms with van der Waals surface area (Å²) in [6.07, 6.45) is 3.28. The number of hydrogen-bond donors (Lipinski definition) is 2. The zero-order chi connectivity index (χ0) is 39.7. The minimum Gasteiger partial charge on any atom is -0.466 e. The highest BCUT2D eigenvalue weighted by Gasteiger charge is 2.42. The Balaban J connectivity index is 0.000000545. The fourth-order valence-electron chi connectivity index (χ4n) is 6.18. The highest BCUT2D eigenvalue weighted by molar-refractivity contribution is 6.74. The summed E-state index contributed by atoms with van der Waals surface area (Å²) in [6.45, 7) is 17.6. The maximum absolute atomic E-state index is 12.2. The Kier molecular flexibility index (Phi) is 20.9. The standard InChI is InChI=1S/C22H40O7Si.C16H26O6/c1-8-27-20(25)13-17(24)15-22(26)11-9-10-18(28-22)14-19(12-16(2)23)29-30(6,7)21(3,4)5;1-3-21-16(20)10-13(19)9-15-6-4-5-14(22-15)8-12(18)7-11(2)17/h18-19,26H,8-15H2,1-7H3;12,14-15,18H,3-10H2,1-2H3/t18-,19-,22?;12-,14-,15+/m00/s1. The monoisotopic (exact) mass is 758 g/mol. The molecule has 14 heteroatoms. The molecule has 2 aliphatic heterocycles. The third-order valence-corrected chi connectivity index (χ3v) is 14.0. The second kappa shape index (κ2) is 22.8. The summed E-state index contributed by atoms with van der Waals surface area (Å²) in [7, 11) is -2.08. The van der Waals surface area contributed by atoms with Gasteiger partial charge in [-0.1, -0.05) is 20.8 Å². The van der Waals surface area contributed by atoms with Crippen molar-refractivity contribution in [1.82, 2.24) is 0 Å². The molecule has 0 amide bonds. The first kappa shape index (κ1) is 47.7. The van der Waals surface area contributed by atoms with Gasteiger partial charge in [-0.05, 0) is 90.8 Å². The normalized spacial score (nSPS) is 23.3. The SMILES string of the molecule is CCOC(=O)CC(=O)CC1(O)CCC[C@@H](C[C@H](CC(C)=O)O[Si](C)(C)C(C)(C)C)O1.CCOC(=O)CC(=O)C[C@H]1CCC[C@@H](C[C@@H](O)CC(C)=O)O1. The molecule has 2 N–H and O–H groups in total. The quantitative estimate of drug-likeness (QED) is 0.0903. The fourth-order valence-corrected chi connectivity index (χ4v) is 7.54. The lowest BCUT2D eigenvalue weighted by Gasteiger charge is -2.42. The van der Waals surface area contributed by atoms with Crippen molar-refractivity contribution in [2.24, 2.45) is 0 Å². The molecule has 2 heterocycles. The lowest BCUT2D eigenvalue weighted by Crippen LogP contribution is -2.47. The van der Waals surface area contributed by atoms with Crippen LogP contribution in [0, 0.1) is 0 Å². The van der Waals surface area contributed by atoms with Gasteiger partial charge >= 0.3 is 11.9 Å². The molecule has 2 saturated heterocycles.